The molecule has 0 fully saturated rings. The average Bonchev–Trinajstić information content (AvgIpc) is 2.84. The summed E-state index contributed by atoms with van der Waals surface area (Å²) in [6.45, 7) is 0. The minimum absolute atomic E-state index is 0.292. The molecule has 0 N–H and O–H groups in total. The van der Waals surface area contributed by atoms with Gasteiger partial charge in [-0.3, -0.25) is 4.79 Å². The zero-order valence-corrected chi connectivity index (χ0v) is 8.96. The summed E-state index contributed by atoms with van der Waals surface area (Å²) in [6.07, 6.45) is 0.645. The van der Waals surface area contributed by atoms with E-state index in [-0.39, 0.29) is 0 Å². The van der Waals surface area contributed by atoms with Crippen molar-refractivity contribution in [3.63, 3.8) is 0 Å². The number of rotatable bonds is 1. The van der Waals surface area contributed by atoms with Gasteiger partial charge < -0.3 is 0 Å². The molecular formula is C13H10OS. The van der Waals surface area contributed by atoms with Gasteiger partial charge in [-0.15, -0.1) is 11.3 Å². The van der Waals surface area contributed by atoms with Gasteiger partial charge in [0.1, 0.15) is 0 Å². The number of hydrogen-bond acceptors (Lipinski definition) is 2. The molecule has 74 valence electrons. The molecule has 0 amide bonds. The summed E-state index contributed by atoms with van der Waals surface area (Å²) in [6, 6.07) is 12.4. The zero-order chi connectivity index (χ0) is 10.3. The fourth-order valence-electron chi connectivity index (χ4n) is 2.19. The van der Waals surface area contributed by atoms with Crippen LogP contribution in [0, 0.1) is 0 Å². The third-order valence-corrected chi connectivity index (χ3v) is 3.89. The van der Waals surface area contributed by atoms with Gasteiger partial charge in [-0.25, -0.2) is 0 Å². The first-order chi connectivity index (χ1) is 7.36. The quantitative estimate of drug-likeness (QED) is 0.710. The molecule has 0 bridgehead atoms. The van der Waals surface area contributed by atoms with Crippen LogP contribution in [-0.4, -0.2) is 5.78 Å². The van der Waals surface area contributed by atoms with Crippen molar-refractivity contribution < 1.29 is 4.79 Å². The lowest BCUT2D eigenvalue weighted by Gasteiger charge is -2.08. The van der Waals surface area contributed by atoms with Crippen LogP contribution in [0.3, 0.4) is 0 Å². The van der Waals surface area contributed by atoms with Crippen LogP contribution in [0.1, 0.15) is 33.1 Å². The van der Waals surface area contributed by atoms with Gasteiger partial charge in [0.05, 0.1) is 4.88 Å². The van der Waals surface area contributed by atoms with Crippen molar-refractivity contribution in [2.24, 2.45) is 0 Å². The molecule has 2 heteroatoms. The highest BCUT2D eigenvalue weighted by atomic mass is 32.1. The molecule has 3 rings (SSSR count). The average molecular weight is 214 g/mol. The molecule has 1 aliphatic carbocycles. The van der Waals surface area contributed by atoms with Crippen LogP contribution in [0.5, 0.6) is 0 Å². The van der Waals surface area contributed by atoms with Crippen molar-refractivity contribution in [2.75, 3.05) is 0 Å². The van der Waals surface area contributed by atoms with Gasteiger partial charge in [-0.1, -0.05) is 30.3 Å². The number of Topliss-reactive ketones (excluding diaryl/α,β-unsaturated/α-hetero) is 1. The lowest BCUT2D eigenvalue weighted by atomic mass is 9.94. The minimum atomic E-state index is 0.292. The van der Waals surface area contributed by atoms with Crippen molar-refractivity contribution in [1.29, 1.82) is 0 Å². The molecule has 0 aliphatic heterocycles. The van der Waals surface area contributed by atoms with Crippen molar-refractivity contribution in [3.8, 4) is 0 Å². The summed E-state index contributed by atoms with van der Waals surface area (Å²) < 4.78 is 0. The number of thiophene rings is 1. The molecule has 0 radical (unpaired) electrons. The van der Waals surface area contributed by atoms with Gasteiger partial charge in [-0.05, 0) is 22.6 Å². The zero-order valence-electron chi connectivity index (χ0n) is 8.14. The van der Waals surface area contributed by atoms with Crippen molar-refractivity contribution in [3.05, 3.63) is 57.8 Å². The molecule has 0 spiro atoms. The standard InChI is InChI=1S/C13H10OS/c14-12-8-11(9-4-2-1-3-5-9)10-6-7-15-13(10)12/h1-7,11H,8H2/t11-/m1/s1. The second kappa shape index (κ2) is 3.31. The van der Waals surface area contributed by atoms with Gasteiger partial charge >= 0.3 is 0 Å². The second-order valence-electron chi connectivity index (χ2n) is 3.80. The Labute approximate surface area is 92.4 Å². The topological polar surface area (TPSA) is 17.1 Å². The van der Waals surface area contributed by atoms with Crippen LogP contribution in [0.15, 0.2) is 41.8 Å². The summed E-state index contributed by atoms with van der Waals surface area (Å²) in [5, 5.41) is 2.01. The molecule has 1 heterocycles. The van der Waals surface area contributed by atoms with E-state index < -0.39 is 0 Å². The molecule has 1 atom stereocenters. The Morgan fingerprint density at radius 2 is 1.93 bits per heavy atom. The van der Waals surface area contributed by atoms with Gasteiger partial charge in [0.25, 0.3) is 0 Å². The Balaban J connectivity index is 2.09. The molecule has 1 nitrogen and oxygen atoms in total. The molecule has 0 unspecified atom stereocenters. The van der Waals surface area contributed by atoms with E-state index in [1.165, 1.54) is 11.1 Å². The smallest absolute Gasteiger partial charge is 0.174 e. The van der Waals surface area contributed by atoms with Crippen LogP contribution in [0.4, 0.5) is 0 Å². The number of benzene rings is 1. The van der Waals surface area contributed by atoms with E-state index in [9.17, 15) is 4.79 Å². The van der Waals surface area contributed by atoms with E-state index in [0.717, 1.165) is 4.88 Å². The van der Waals surface area contributed by atoms with Gasteiger partial charge in [0, 0.05) is 12.3 Å². The van der Waals surface area contributed by atoms with Crippen LogP contribution in [-0.2, 0) is 0 Å². The lowest BCUT2D eigenvalue weighted by Crippen LogP contribution is -1.96. The molecular weight excluding hydrogens is 204 g/mol. The molecule has 2 aromatic rings. The highest BCUT2D eigenvalue weighted by Gasteiger charge is 2.31. The Bertz CT molecular complexity index is 498. The summed E-state index contributed by atoms with van der Waals surface area (Å²) in [5.41, 5.74) is 2.47. The maximum absolute atomic E-state index is 11.7. The van der Waals surface area contributed by atoms with Gasteiger partial charge in [0.2, 0.25) is 0 Å². The fourth-order valence-corrected chi connectivity index (χ4v) is 3.10. The Kier molecular flexibility index (Phi) is 1.96. The number of hydrogen-bond donors (Lipinski definition) is 0. The SMILES string of the molecule is O=C1C[C@H](c2ccccc2)c2ccsc21. The van der Waals surface area contributed by atoms with Crippen LogP contribution < -0.4 is 0 Å². The van der Waals surface area contributed by atoms with Crippen LogP contribution in [0.2, 0.25) is 0 Å². The third-order valence-electron chi connectivity index (χ3n) is 2.92. The number of ketones is 1. The molecule has 1 aromatic carbocycles. The Morgan fingerprint density at radius 1 is 1.13 bits per heavy atom. The Morgan fingerprint density at radius 3 is 2.73 bits per heavy atom. The highest BCUT2D eigenvalue weighted by Crippen LogP contribution is 2.40. The van der Waals surface area contributed by atoms with E-state index in [0.29, 0.717) is 18.1 Å². The molecule has 15 heavy (non-hydrogen) atoms. The number of fused-ring (bicyclic) bond motifs is 1. The summed E-state index contributed by atoms with van der Waals surface area (Å²) in [5.74, 6) is 0.591. The maximum Gasteiger partial charge on any atom is 0.174 e. The molecule has 1 aliphatic rings. The predicted molar refractivity (Wildman–Crippen MR) is 61.6 cm³/mol. The minimum Gasteiger partial charge on any atom is -0.293 e. The summed E-state index contributed by atoms with van der Waals surface area (Å²) in [7, 11) is 0. The summed E-state index contributed by atoms with van der Waals surface area (Å²) in [4.78, 5) is 12.7. The van der Waals surface area contributed by atoms with E-state index in [2.05, 4.69) is 18.2 Å². The molecule has 0 saturated heterocycles. The highest BCUT2D eigenvalue weighted by molar-refractivity contribution is 7.12. The lowest BCUT2D eigenvalue weighted by molar-refractivity contribution is 0.0994. The van der Waals surface area contributed by atoms with E-state index in [1.807, 2.05) is 23.6 Å². The van der Waals surface area contributed by atoms with Crippen LogP contribution >= 0.6 is 11.3 Å². The maximum atomic E-state index is 11.7. The van der Waals surface area contributed by atoms with Gasteiger partial charge in [0.15, 0.2) is 5.78 Å². The normalized spacial score (nSPS) is 19.2. The Hall–Kier alpha value is -1.41. The van der Waals surface area contributed by atoms with Gasteiger partial charge in [-0.2, -0.15) is 0 Å². The van der Waals surface area contributed by atoms with Crippen LogP contribution in [0.25, 0.3) is 0 Å². The first-order valence-corrected chi connectivity index (χ1v) is 5.90. The first-order valence-electron chi connectivity index (χ1n) is 5.02. The summed E-state index contributed by atoms with van der Waals surface area (Å²) >= 11 is 1.57. The second-order valence-corrected chi connectivity index (χ2v) is 4.71. The number of carbonyl (C=O) groups is 1. The number of carbonyl (C=O) groups excluding carboxylic acids is 1. The molecule has 1 aromatic heterocycles. The van der Waals surface area contributed by atoms with Crippen molar-refractivity contribution >= 4 is 17.1 Å². The fraction of sp³-hybridized carbons (Fsp3) is 0.154. The van der Waals surface area contributed by atoms with Crippen molar-refractivity contribution in [2.45, 2.75) is 12.3 Å². The van der Waals surface area contributed by atoms with E-state index in [4.69, 9.17) is 0 Å². The largest absolute Gasteiger partial charge is 0.293 e. The first kappa shape index (κ1) is 8.86. The molecule has 0 saturated carbocycles. The third kappa shape index (κ3) is 1.33. The monoisotopic (exact) mass is 214 g/mol. The van der Waals surface area contributed by atoms with E-state index >= 15 is 0 Å². The van der Waals surface area contributed by atoms with E-state index in [1.54, 1.807) is 11.3 Å². The predicted octanol–water partition coefficient (Wildman–Crippen LogP) is 3.47. The van der Waals surface area contributed by atoms with Crippen molar-refractivity contribution in [1.82, 2.24) is 0 Å².